The van der Waals surface area contributed by atoms with Crippen LogP contribution >= 0.6 is 22.9 Å². The molecule has 0 saturated carbocycles. The van der Waals surface area contributed by atoms with Gasteiger partial charge in [0.25, 0.3) is 0 Å². The molecule has 3 rings (SSSR count). The summed E-state index contributed by atoms with van der Waals surface area (Å²) in [5, 5.41) is 10.0. The summed E-state index contributed by atoms with van der Waals surface area (Å²) >= 11 is 7.49. The highest BCUT2D eigenvalue weighted by Crippen LogP contribution is 2.38. The molecular weight excluding hydrogens is 298 g/mol. The maximum atomic E-state index is 10.0. The van der Waals surface area contributed by atoms with Gasteiger partial charge in [0.1, 0.15) is 5.75 Å². The van der Waals surface area contributed by atoms with Crippen LogP contribution in [0, 0.1) is 0 Å². The Kier molecular flexibility index (Phi) is 3.74. The molecule has 6 heteroatoms. The van der Waals surface area contributed by atoms with Gasteiger partial charge in [-0.15, -0.1) is 11.3 Å². The minimum absolute atomic E-state index is 0.210. The van der Waals surface area contributed by atoms with E-state index in [1.165, 1.54) is 4.88 Å². The van der Waals surface area contributed by atoms with Crippen molar-refractivity contribution in [1.82, 2.24) is 4.90 Å². The average molecular weight is 312 g/mol. The molecule has 0 atom stereocenters. The lowest BCUT2D eigenvalue weighted by atomic mass is 10.1. The van der Waals surface area contributed by atoms with E-state index in [4.69, 9.17) is 21.1 Å². The normalized spacial score (nSPS) is 13.2. The number of hydrogen-bond acceptors (Lipinski definition) is 5. The first kappa shape index (κ1) is 13.5. The van der Waals surface area contributed by atoms with E-state index < -0.39 is 0 Å². The average Bonchev–Trinajstić information content (AvgIpc) is 2.98. The van der Waals surface area contributed by atoms with E-state index >= 15 is 0 Å². The highest BCUT2D eigenvalue weighted by atomic mass is 35.5. The van der Waals surface area contributed by atoms with Gasteiger partial charge in [0.15, 0.2) is 11.5 Å². The van der Waals surface area contributed by atoms with Gasteiger partial charge in [-0.2, -0.15) is 0 Å². The minimum Gasteiger partial charge on any atom is -0.507 e. The zero-order valence-corrected chi connectivity index (χ0v) is 12.5. The van der Waals surface area contributed by atoms with Gasteiger partial charge in [-0.05, 0) is 25.2 Å². The third kappa shape index (κ3) is 2.85. The molecule has 2 aromatic rings. The van der Waals surface area contributed by atoms with Crippen molar-refractivity contribution in [2.24, 2.45) is 0 Å². The number of nitrogens with zero attached hydrogens (tertiary/aromatic N) is 1. The Labute approximate surface area is 126 Å². The first-order valence-corrected chi connectivity index (χ1v) is 7.35. The van der Waals surface area contributed by atoms with E-state index in [2.05, 4.69) is 4.90 Å². The van der Waals surface area contributed by atoms with Gasteiger partial charge in [-0.3, -0.25) is 4.90 Å². The second-order valence-electron chi connectivity index (χ2n) is 4.71. The smallest absolute Gasteiger partial charge is 0.231 e. The summed E-state index contributed by atoms with van der Waals surface area (Å²) in [6.45, 7) is 1.62. The van der Waals surface area contributed by atoms with Crippen LogP contribution in [0.4, 0.5) is 0 Å². The predicted octanol–water partition coefficient (Wildman–Crippen LogP) is 3.47. The van der Waals surface area contributed by atoms with Gasteiger partial charge < -0.3 is 14.6 Å². The van der Waals surface area contributed by atoms with Crippen LogP contribution in [0.5, 0.6) is 17.2 Å². The van der Waals surface area contributed by atoms with Crippen LogP contribution in [0.25, 0.3) is 0 Å². The molecule has 4 nitrogen and oxygen atoms in total. The number of hydrogen-bond donors (Lipinski definition) is 1. The molecule has 0 spiro atoms. The number of phenolic OH excluding ortho intramolecular Hbond substituents is 1. The fourth-order valence-electron chi connectivity index (χ4n) is 2.15. The van der Waals surface area contributed by atoms with Crippen LogP contribution in [0.15, 0.2) is 24.3 Å². The quantitative estimate of drug-likeness (QED) is 0.939. The van der Waals surface area contributed by atoms with E-state index in [0.717, 1.165) is 16.4 Å². The van der Waals surface area contributed by atoms with Gasteiger partial charge in [0.05, 0.1) is 4.34 Å². The molecule has 0 saturated heterocycles. The maximum absolute atomic E-state index is 10.0. The SMILES string of the molecule is CN(Cc1ccc(Cl)s1)Cc1cc2c(cc1O)OCO2. The van der Waals surface area contributed by atoms with Gasteiger partial charge in [0, 0.05) is 29.6 Å². The summed E-state index contributed by atoms with van der Waals surface area (Å²) in [6.07, 6.45) is 0. The standard InChI is InChI=1S/C14H14ClNO3S/c1-16(7-10-2-3-14(15)20-10)6-9-4-12-13(5-11(9)17)19-8-18-12/h2-5,17H,6-8H2,1H3. The van der Waals surface area contributed by atoms with Gasteiger partial charge >= 0.3 is 0 Å². The summed E-state index contributed by atoms with van der Waals surface area (Å²) in [4.78, 5) is 3.30. The number of aromatic hydroxyl groups is 1. The molecule has 1 aromatic carbocycles. The van der Waals surface area contributed by atoms with Gasteiger partial charge in [0.2, 0.25) is 6.79 Å². The Morgan fingerprint density at radius 3 is 2.70 bits per heavy atom. The largest absolute Gasteiger partial charge is 0.507 e. The molecule has 0 radical (unpaired) electrons. The number of fused-ring (bicyclic) bond motifs is 1. The second kappa shape index (κ2) is 5.52. The summed E-state index contributed by atoms with van der Waals surface area (Å²) in [5.41, 5.74) is 0.819. The Balaban J connectivity index is 1.71. The molecule has 1 aliphatic rings. The zero-order valence-electron chi connectivity index (χ0n) is 10.9. The van der Waals surface area contributed by atoms with E-state index in [1.54, 1.807) is 17.4 Å². The Morgan fingerprint density at radius 1 is 1.25 bits per heavy atom. The molecule has 20 heavy (non-hydrogen) atoms. The van der Waals surface area contributed by atoms with Crippen molar-refractivity contribution in [3.05, 3.63) is 39.0 Å². The molecule has 2 heterocycles. The highest BCUT2D eigenvalue weighted by molar-refractivity contribution is 7.16. The summed E-state index contributed by atoms with van der Waals surface area (Å²) in [5.74, 6) is 1.51. The van der Waals surface area contributed by atoms with Crippen LogP contribution in [-0.4, -0.2) is 23.8 Å². The zero-order chi connectivity index (χ0) is 14.1. The second-order valence-corrected chi connectivity index (χ2v) is 6.51. The van der Waals surface area contributed by atoms with Crippen molar-refractivity contribution in [2.45, 2.75) is 13.1 Å². The third-order valence-electron chi connectivity index (χ3n) is 3.07. The van der Waals surface area contributed by atoms with Crippen molar-refractivity contribution < 1.29 is 14.6 Å². The first-order chi connectivity index (χ1) is 9.61. The molecule has 106 valence electrons. The number of phenols is 1. The van der Waals surface area contributed by atoms with Crippen molar-refractivity contribution in [3.8, 4) is 17.2 Å². The lowest BCUT2D eigenvalue weighted by Crippen LogP contribution is -2.16. The Hall–Kier alpha value is -1.43. The Bertz CT molecular complexity index is 629. The van der Waals surface area contributed by atoms with Gasteiger partial charge in [-0.25, -0.2) is 0 Å². The predicted molar refractivity (Wildman–Crippen MR) is 78.7 cm³/mol. The fraction of sp³-hybridized carbons (Fsp3) is 0.286. The summed E-state index contributed by atoms with van der Waals surface area (Å²) in [6, 6.07) is 7.35. The fourth-order valence-corrected chi connectivity index (χ4v) is 3.32. The monoisotopic (exact) mass is 311 g/mol. The molecule has 0 aliphatic carbocycles. The molecular formula is C14H14ClNO3S. The number of thiophene rings is 1. The lowest BCUT2D eigenvalue weighted by molar-refractivity contribution is 0.174. The van der Waals surface area contributed by atoms with Crippen molar-refractivity contribution in [2.75, 3.05) is 13.8 Å². The van der Waals surface area contributed by atoms with E-state index in [1.807, 2.05) is 25.2 Å². The lowest BCUT2D eigenvalue weighted by Gasteiger charge is -2.16. The van der Waals surface area contributed by atoms with Crippen LogP contribution in [0.3, 0.4) is 0 Å². The molecule has 1 aromatic heterocycles. The molecule has 0 bridgehead atoms. The minimum atomic E-state index is 0.210. The van der Waals surface area contributed by atoms with Crippen molar-refractivity contribution in [1.29, 1.82) is 0 Å². The first-order valence-electron chi connectivity index (χ1n) is 6.16. The van der Waals surface area contributed by atoms with Crippen LogP contribution in [0.2, 0.25) is 4.34 Å². The van der Waals surface area contributed by atoms with Crippen LogP contribution < -0.4 is 9.47 Å². The molecule has 0 fully saturated rings. The summed E-state index contributed by atoms with van der Waals surface area (Å²) < 4.78 is 11.3. The van der Waals surface area contributed by atoms with Gasteiger partial charge in [-0.1, -0.05) is 11.6 Å². The van der Waals surface area contributed by atoms with Crippen molar-refractivity contribution in [3.63, 3.8) is 0 Å². The van der Waals surface area contributed by atoms with Crippen molar-refractivity contribution >= 4 is 22.9 Å². The molecule has 0 amide bonds. The Morgan fingerprint density at radius 2 is 2.00 bits per heavy atom. The van der Waals surface area contributed by atoms with E-state index in [0.29, 0.717) is 18.0 Å². The summed E-state index contributed by atoms with van der Waals surface area (Å²) in [7, 11) is 2.00. The molecule has 1 aliphatic heterocycles. The number of halogens is 1. The molecule has 0 unspecified atom stereocenters. The number of rotatable bonds is 4. The van der Waals surface area contributed by atoms with E-state index in [9.17, 15) is 5.11 Å². The van der Waals surface area contributed by atoms with E-state index in [-0.39, 0.29) is 12.5 Å². The number of ether oxygens (including phenoxy) is 2. The maximum Gasteiger partial charge on any atom is 0.231 e. The number of benzene rings is 1. The highest BCUT2D eigenvalue weighted by Gasteiger charge is 2.17. The van der Waals surface area contributed by atoms with Crippen LogP contribution in [-0.2, 0) is 13.1 Å². The third-order valence-corrected chi connectivity index (χ3v) is 4.28. The topological polar surface area (TPSA) is 41.9 Å². The molecule has 1 N–H and O–H groups in total. The van der Waals surface area contributed by atoms with Crippen LogP contribution in [0.1, 0.15) is 10.4 Å².